The number of fused-ring (bicyclic) bond motifs is 1. The van der Waals surface area contributed by atoms with Crippen LogP contribution in [0.25, 0.3) is 11.0 Å². The largest absolute Gasteiger partial charge is 0.342 e. The van der Waals surface area contributed by atoms with Gasteiger partial charge in [0.25, 0.3) is 0 Å². The fourth-order valence-electron chi connectivity index (χ4n) is 3.05. The average Bonchev–Trinajstić information content (AvgIpc) is 3.43. The van der Waals surface area contributed by atoms with Gasteiger partial charge in [0.05, 0.1) is 11.0 Å². The molecule has 29 heavy (non-hydrogen) atoms. The maximum absolute atomic E-state index is 13.9. The van der Waals surface area contributed by atoms with E-state index in [1.54, 1.807) is 18.2 Å². The molecule has 1 fully saturated rings. The molecule has 4 rings (SSSR count). The Kier molecular flexibility index (Phi) is 4.61. The van der Waals surface area contributed by atoms with Gasteiger partial charge in [0.15, 0.2) is 28.2 Å². The van der Waals surface area contributed by atoms with Gasteiger partial charge in [-0.25, -0.2) is 40.1 Å². The van der Waals surface area contributed by atoms with Crippen molar-refractivity contribution in [3.05, 3.63) is 58.7 Å². The topological polar surface area (TPSA) is 74.8 Å². The fourth-order valence-corrected chi connectivity index (χ4v) is 4.42. The molecule has 0 aliphatic heterocycles. The van der Waals surface area contributed by atoms with E-state index in [0.29, 0.717) is 22.5 Å². The summed E-state index contributed by atoms with van der Waals surface area (Å²) in [4.78, 5) is 5.66. The van der Waals surface area contributed by atoms with E-state index in [1.165, 1.54) is 6.92 Å². The van der Waals surface area contributed by atoms with Gasteiger partial charge in [-0.05, 0) is 37.5 Å². The molecule has 1 saturated carbocycles. The smallest absolute Gasteiger partial charge is 0.247 e. The molecule has 0 radical (unpaired) electrons. The second-order valence-corrected chi connectivity index (χ2v) is 8.57. The predicted octanol–water partition coefficient (Wildman–Crippen LogP) is 4.18. The van der Waals surface area contributed by atoms with Gasteiger partial charge >= 0.3 is 0 Å². The Morgan fingerprint density at radius 2 is 1.62 bits per heavy atom. The number of hydrogen-bond acceptors (Lipinski definition) is 3. The first kappa shape index (κ1) is 19.8. The number of aromatic amines is 1. The molecule has 2 aromatic carbocycles. The Hall–Kier alpha value is -2.53. The van der Waals surface area contributed by atoms with Crippen molar-refractivity contribution >= 4 is 21.1 Å². The number of nitrogens with one attached hydrogen (secondary N) is 2. The predicted molar refractivity (Wildman–Crippen MR) is 93.0 cm³/mol. The summed E-state index contributed by atoms with van der Waals surface area (Å²) in [5.41, 5.74) is 1.73. The SMILES string of the molecule is CC(NS(=O)(=O)c1c(F)c(F)c(F)c(F)c1F)c1ccc2nc(C3CC3)[nH]c2c1. The Balaban J connectivity index is 1.67. The number of halogens is 5. The molecule has 1 aromatic heterocycles. The van der Waals surface area contributed by atoms with Crippen LogP contribution in [0.1, 0.15) is 43.1 Å². The van der Waals surface area contributed by atoms with Crippen molar-refractivity contribution in [2.75, 3.05) is 0 Å². The Bertz CT molecular complexity index is 1210. The molecular weight excluding hydrogens is 417 g/mol. The summed E-state index contributed by atoms with van der Waals surface area (Å²) in [6, 6.07) is 3.80. The van der Waals surface area contributed by atoms with Gasteiger partial charge in [-0.2, -0.15) is 0 Å². The molecule has 1 atom stereocenters. The second kappa shape index (κ2) is 6.77. The summed E-state index contributed by atoms with van der Waals surface area (Å²) in [7, 11) is -5.05. The number of imidazole rings is 1. The number of aromatic nitrogens is 2. The van der Waals surface area contributed by atoms with Crippen LogP contribution in [0.3, 0.4) is 0 Å². The third kappa shape index (κ3) is 3.38. The van der Waals surface area contributed by atoms with Crippen LogP contribution in [0.4, 0.5) is 22.0 Å². The minimum atomic E-state index is -5.05. The maximum Gasteiger partial charge on any atom is 0.247 e. The van der Waals surface area contributed by atoms with Crippen LogP contribution in [0.5, 0.6) is 0 Å². The molecule has 5 nitrogen and oxygen atoms in total. The van der Waals surface area contributed by atoms with Gasteiger partial charge in [0, 0.05) is 12.0 Å². The zero-order valence-corrected chi connectivity index (χ0v) is 15.7. The van der Waals surface area contributed by atoms with E-state index >= 15 is 0 Å². The summed E-state index contributed by atoms with van der Waals surface area (Å²) in [6.45, 7) is 1.38. The highest BCUT2D eigenvalue weighted by atomic mass is 32.2. The molecule has 1 aliphatic rings. The second-order valence-electron chi connectivity index (χ2n) is 6.91. The van der Waals surface area contributed by atoms with E-state index in [9.17, 15) is 30.4 Å². The lowest BCUT2D eigenvalue weighted by Crippen LogP contribution is -2.29. The molecule has 0 spiro atoms. The molecule has 11 heteroatoms. The highest BCUT2D eigenvalue weighted by molar-refractivity contribution is 7.89. The Morgan fingerprint density at radius 3 is 2.21 bits per heavy atom. The summed E-state index contributed by atoms with van der Waals surface area (Å²) >= 11 is 0. The molecule has 1 unspecified atom stereocenters. The van der Waals surface area contributed by atoms with E-state index in [0.717, 1.165) is 18.7 Å². The van der Waals surface area contributed by atoms with Crippen LogP contribution < -0.4 is 4.72 Å². The highest BCUT2D eigenvalue weighted by Gasteiger charge is 2.34. The third-order valence-corrected chi connectivity index (χ3v) is 6.32. The van der Waals surface area contributed by atoms with Crippen molar-refractivity contribution in [3.8, 4) is 0 Å². The zero-order valence-electron chi connectivity index (χ0n) is 14.9. The minimum Gasteiger partial charge on any atom is -0.342 e. The van der Waals surface area contributed by atoms with Crippen LogP contribution in [-0.2, 0) is 10.0 Å². The van der Waals surface area contributed by atoms with Gasteiger partial charge in [0.1, 0.15) is 5.82 Å². The summed E-state index contributed by atoms with van der Waals surface area (Å²) in [5, 5.41) is 0. The molecule has 2 N–H and O–H groups in total. The van der Waals surface area contributed by atoms with E-state index < -0.39 is 50.0 Å². The highest BCUT2D eigenvalue weighted by Crippen LogP contribution is 2.39. The van der Waals surface area contributed by atoms with Crippen molar-refractivity contribution < 1.29 is 30.4 Å². The van der Waals surface area contributed by atoms with Crippen molar-refractivity contribution in [3.63, 3.8) is 0 Å². The molecule has 1 heterocycles. The quantitative estimate of drug-likeness (QED) is 0.362. The molecule has 3 aromatic rings. The first-order valence-electron chi connectivity index (χ1n) is 8.63. The molecular formula is C18H14F5N3O2S. The lowest BCUT2D eigenvalue weighted by molar-refractivity contribution is 0.357. The number of benzene rings is 2. The van der Waals surface area contributed by atoms with Crippen LogP contribution in [0.15, 0.2) is 23.1 Å². The van der Waals surface area contributed by atoms with Crippen LogP contribution in [-0.4, -0.2) is 18.4 Å². The molecule has 154 valence electrons. The minimum absolute atomic E-state index is 0.371. The lowest BCUT2D eigenvalue weighted by atomic mass is 10.1. The first-order chi connectivity index (χ1) is 13.6. The van der Waals surface area contributed by atoms with E-state index in [-0.39, 0.29) is 0 Å². The summed E-state index contributed by atoms with van der Waals surface area (Å²) in [6.07, 6.45) is 2.07. The van der Waals surface area contributed by atoms with Crippen molar-refractivity contribution in [1.29, 1.82) is 0 Å². The zero-order chi connectivity index (χ0) is 21.1. The van der Waals surface area contributed by atoms with E-state index in [4.69, 9.17) is 0 Å². The standard InChI is InChI=1S/C18H14F5N3O2S/c1-7(9-4-5-10-11(6-9)25-18(24-10)8-2-3-8)26-29(27,28)17-15(22)13(20)12(19)14(21)16(17)23/h4-8,26H,2-3H2,1H3,(H,24,25). The number of sulfonamides is 1. The monoisotopic (exact) mass is 431 g/mol. The van der Waals surface area contributed by atoms with E-state index in [2.05, 4.69) is 9.97 Å². The van der Waals surface area contributed by atoms with Gasteiger partial charge in [0.2, 0.25) is 15.8 Å². The molecule has 0 saturated heterocycles. The van der Waals surface area contributed by atoms with Gasteiger partial charge in [-0.3, -0.25) is 0 Å². The van der Waals surface area contributed by atoms with Crippen molar-refractivity contribution in [2.24, 2.45) is 0 Å². The summed E-state index contributed by atoms with van der Waals surface area (Å²) < 4.78 is 94.4. The molecule has 0 bridgehead atoms. The van der Waals surface area contributed by atoms with Crippen LogP contribution >= 0.6 is 0 Å². The number of H-pyrrole nitrogens is 1. The van der Waals surface area contributed by atoms with Gasteiger partial charge in [-0.15, -0.1) is 0 Å². The normalized spacial score (nSPS) is 15.8. The van der Waals surface area contributed by atoms with Crippen molar-refractivity contribution in [1.82, 2.24) is 14.7 Å². The lowest BCUT2D eigenvalue weighted by Gasteiger charge is -2.16. The molecule has 1 aliphatic carbocycles. The third-order valence-electron chi connectivity index (χ3n) is 4.76. The van der Waals surface area contributed by atoms with Gasteiger partial charge in [-0.1, -0.05) is 6.07 Å². The first-order valence-corrected chi connectivity index (χ1v) is 10.1. The Morgan fingerprint density at radius 1 is 1.03 bits per heavy atom. The average molecular weight is 431 g/mol. The van der Waals surface area contributed by atoms with Gasteiger partial charge < -0.3 is 4.98 Å². The maximum atomic E-state index is 13.9. The number of hydrogen-bond donors (Lipinski definition) is 2. The fraction of sp³-hybridized carbons (Fsp3) is 0.278. The number of rotatable bonds is 5. The van der Waals surface area contributed by atoms with Crippen LogP contribution in [0, 0.1) is 29.1 Å². The van der Waals surface area contributed by atoms with Crippen LogP contribution in [0.2, 0.25) is 0 Å². The molecule has 0 amide bonds. The van der Waals surface area contributed by atoms with Crippen molar-refractivity contribution in [2.45, 2.75) is 36.6 Å². The Labute approximate surface area is 162 Å². The summed E-state index contributed by atoms with van der Waals surface area (Å²) in [5.74, 6) is -10.7. The number of nitrogens with zero attached hydrogens (tertiary/aromatic N) is 1. The van der Waals surface area contributed by atoms with E-state index in [1.807, 2.05) is 4.72 Å².